The van der Waals surface area contributed by atoms with E-state index in [-0.39, 0.29) is 6.03 Å². The van der Waals surface area contributed by atoms with Crippen molar-refractivity contribution < 1.29 is 9.53 Å². The fourth-order valence-electron chi connectivity index (χ4n) is 3.65. The SMILES string of the molecule is O=C(Nc1cccnc1N1CCCC1)N(CC1CCOC1)C1CC1. The van der Waals surface area contributed by atoms with E-state index in [1.165, 1.54) is 12.8 Å². The summed E-state index contributed by atoms with van der Waals surface area (Å²) in [5.41, 5.74) is 0.831. The van der Waals surface area contributed by atoms with E-state index in [2.05, 4.69) is 15.2 Å². The van der Waals surface area contributed by atoms with Crippen LogP contribution in [0.2, 0.25) is 0 Å². The Bertz CT molecular complexity index is 578. The van der Waals surface area contributed by atoms with Crippen molar-refractivity contribution >= 4 is 17.5 Å². The van der Waals surface area contributed by atoms with E-state index in [9.17, 15) is 4.79 Å². The molecule has 130 valence electrons. The van der Waals surface area contributed by atoms with Gasteiger partial charge in [-0.25, -0.2) is 9.78 Å². The summed E-state index contributed by atoms with van der Waals surface area (Å²) in [7, 11) is 0. The molecule has 6 nitrogen and oxygen atoms in total. The zero-order valence-electron chi connectivity index (χ0n) is 14.1. The molecular formula is C18H26N4O2. The summed E-state index contributed by atoms with van der Waals surface area (Å²) in [5.74, 6) is 1.38. The minimum Gasteiger partial charge on any atom is -0.381 e. The standard InChI is InChI=1S/C18H26N4O2/c23-18(22(15-5-6-15)12-14-7-11-24-13-14)20-16-4-3-8-19-17(16)21-9-1-2-10-21/h3-4,8,14-15H,1-2,5-7,9-13H2,(H,20,23). The van der Waals surface area contributed by atoms with E-state index in [1.807, 2.05) is 17.0 Å². The zero-order valence-corrected chi connectivity index (χ0v) is 14.1. The molecule has 1 saturated carbocycles. The molecule has 24 heavy (non-hydrogen) atoms. The molecule has 4 rings (SSSR count). The first-order valence-electron chi connectivity index (χ1n) is 9.16. The highest BCUT2D eigenvalue weighted by Gasteiger charge is 2.35. The fourth-order valence-corrected chi connectivity index (χ4v) is 3.65. The molecule has 6 heteroatoms. The van der Waals surface area contributed by atoms with E-state index in [0.717, 1.165) is 63.6 Å². The normalized spacial score (nSPS) is 23.5. The van der Waals surface area contributed by atoms with Gasteiger partial charge in [-0.05, 0) is 44.2 Å². The Morgan fingerprint density at radius 1 is 1.33 bits per heavy atom. The summed E-state index contributed by atoms with van der Waals surface area (Å²) >= 11 is 0. The van der Waals surface area contributed by atoms with Gasteiger partial charge in [0.1, 0.15) is 0 Å². The molecule has 1 aromatic heterocycles. The minimum absolute atomic E-state index is 0.0119. The van der Waals surface area contributed by atoms with E-state index in [0.29, 0.717) is 12.0 Å². The highest BCUT2D eigenvalue weighted by atomic mass is 16.5. The maximum atomic E-state index is 12.9. The molecule has 2 saturated heterocycles. The maximum absolute atomic E-state index is 12.9. The van der Waals surface area contributed by atoms with Crippen LogP contribution in [0.25, 0.3) is 0 Å². The van der Waals surface area contributed by atoms with Crippen molar-refractivity contribution in [3.05, 3.63) is 18.3 Å². The van der Waals surface area contributed by atoms with Crippen LogP contribution in [0.15, 0.2) is 18.3 Å². The van der Waals surface area contributed by atoms with Crippen molar-refractivity contribution in [1.82, 2.24) is 9.88 Å². The van der Waals surface area contributed by atoms with Gasteiger partial charge in [0.05, 0.1) is 12.3 Å². The smallest absolute Gasteiger partial charge is 0.322 e. The monoisotopic (exact) mass is 330 g/mol. The number of anilines is 2. The van der Waals surface area contributed by atoms with Gasteiger partial charge in [0.25, 0.3) is 0 Å². The van der Waals surface area contributed by atoms with Crippen molar-refractivity contribution in [1.29, 1.82) is 0 Å². The first-order valence-corrected chi connectivity index (χ1v) is 9.16. The molecule has 0 aromatic carbocycles. The van der Waals surface area contributed by atoms with Crippen LogP contribution in [0.1, 0.15) is 32.1 Å². The summed E-state index contributed by atoms with van der Waals surface area (Å²) in [6, 6.07) is 4.26. The Labute approximate surface area is 143 Å². The van der Waals surface area contributed by atoms with E-state index >= 15 is 0 Å². The second-order valence-corrected chi connectivity index (χ2v) is 7.11. The average Bonchev–Trinajstić information content (AvgIpc) is 3.08. The van der Waals surface area contributed by atoms with Gasteiger partial charge >= 0.3 is 6.03 Å². The molecule has 1 aromatic rings. The molecule has 1 N–H and O–H groups in total. The van der Waals surface area contributed by atoms with E-state index in [4.69, 9.17) is 4.74 Å². The molecule has 3 heterocycles. The number of rotatable bonds is 5. The number of ether oxygens (including phenoxy) is 1. The van der Waals surface area contributed by atoms with Crippen LogP contribution in [0.5, 0.6) is 0 Å². The third-order valence-corrected chi connectivity index (χ3v) is 5.16. The molecule has 2 aliphatic heterocycles. The third-order valence-electron chi connectivity index (χ3n) is 5.16. The quantitative estimate of drug-likeness (QED) is 0.902. The van der Waals surface area contributed by atoms with Crippen molar-refractivity contribution in [3.8, 4) is 0 Å². The van der Waals surface area contributed by atoms with Crippen LogP contribution in [-0.2, 0) is 4.74 Å². The molecule has 0 radical (unpaired) electrons. The number of carbonyl (C=O) groups excluding carboxylic acids is 1. The first kappa shape index (κ1) is 15.7. The number of hydrogen-bond acceptors (Lipinski definition) is 4. The minimum atomic E-state index is 0.0119. The lowest BCUT2D eigenvalue weighted by Crippen LogP contribution is -2.40. The van der Waals surface area contributed by atoms with Crippen molar-refractivity contribution in [2.45, 2.75) is 38.1 Å². The summed E-state index contributed by atoms with van der Waals surface area (Å²) in [6.45, 7) is 4.45. The van der Waals surface area contributed by atoms with Crippen LogP contribution in [0, 0.1) is 5.92 Å². The molecule has 1 unspecified atom stereocenters. The number of pyridine rings is 1. The van der Waals surface area contributed by atoms with Gasteiger partial charge in [-0.2, -0.15) is 0 Å². The second-order valence-electron chi connectivity index (χ2n) is 7.11. The van der Waals surface area contributed by atoms with E-state index < -0.39 is 0 Å². The summed E-state index contributed by atoms with van der Waals surface area (Å²) in [5, 5.41) is 3.12. The van der Waals surface area contributed by atoms with Crippen molar-refractivity contribution in [3.63, 3.8) is 0 Å². The highest BCUT2D eigenvalue weighted by molar-refractivity contribution is 5.92. The molecule has 1 aliphatic carbocycles. The number of nitrogens with zero attached hydrogens (tertiary/aromatic N) is 3. The number of hydrogen-bond donors (Lipinski definition) is 1. The Kier molecular flexibility index (Phi) is 4.56. The Morgan fingerprint density at radius 2 is 2.17 bits per heavy atom. The molecule has 3 fully saturated rings. The highest BCUT2D eigenvalue weighted by Crippen LogP contribution is 2.31. The lowest BCUT2D eigenvalue weighted by molar-refractivity contribution is 0.167. The Hall–Kier alpha value is -1.82. The van der Waals surface area contributed by atoms with Crippen molar-refractivity contribution in [2.75, 3.05) is 43.1 Å². The summed E-state index contributed by atoms with van der Waals surface area (Å²) in [4.78, 5) is 21.7. The Morgan fingerprint density at radius 3 is 2.88 bits per heavy atom. The van der Waals surface area contributed by atoms with Crippen LogP contribution >= 0.6 is 0 Å². The van der Waals surface area contributed by atoms with Crippen LogP contribution in [-0.4, -0.2) is 54.8 Å². The predicted molar refractivity (Wildman–Crippen MR) is 93.4 cm³/mol. The largest absolute Gasteiger partial charge is 0.381 e. The van der Waals surface area contributed by atoms with Gasteiger partial charge in [-0.1, -0.05) is 0 Å². The molecule has 3 aliphatic rings. The van der Waals surface area contributed by atoms with Gasteiger partial charge in [-0.15, -0.1) is 0 Å². The number of nitrogens with one attached hydrogen (secondary N) is 1. The lowest BCUT2D eigenvalue weighted by atomic mass is 10.1. The number of carbonyl (C=O) groups is 1. The zero-order chi connectivity index (χ0) is 16.4. The molecule has 2 amide bonds. The second kappa shape index (κ2) is 6.97. The van der Waals surface area contributed by atoms with Gasteiger partial charge in [-0.3, -0.25) is 0 Å². The predicted octanol–water partition coefficient (Wildman–Crippen LogP) is 2.71. The molecule has 0 spiro atoms. The van der Waals surface area contributed by atoms with E-state index in [1.54, 1.807) is 6.20 Å². The van der Waals surface area contributed by atoms with Crippen molar-refractivity contribution in [2.24, 2.45) is 5.92 Å². The average molecular weight is 330 g/mol. The number of amides is 2. The fraction of sp³-hybridized carbons (Fsp3) is 0.667. The van der Waals surface area contributed by atoms with Gasteiger partial charge in [0.2, 0.25) is 0 Å². The topological polar surface area (TPSA) is 57.7 Å². The lowest BCUT2D eigenvalue weighted by Gasteiger charge is -2.27. The summed E-state index contributed by atoms with van der Waals surface area (Å²) in [6.07, 6.45) is 7.49. The van der Waals surface area contributed by atoms with Crippen LogP contribution in [0.3, 0.4) is 0 Å². The maximum Gasteiger partial charge on any atom is 0.322 e. The Balaban J connectivity index is 1.46. The molecule has 1 atom stereocenters. The van der Waals surface area contributed by atoms with Crippen LogP contribution < -0.4 is 10.2 Å². The van der Waals surface area contributed by atoms with Gasteiger partial charge in [0.15, 0.2) is 5.82 Å². The van der Waals surface area contributed by atoms with Gasteiger partial charge in [0, 0.05) is 44.4 Å². The first-order chi connectivity index (χ1) is 11.8. The number of aromatic nitrogens is 1. The molecular weight excluding hydrogens is 304 g/mol. The molecule has 0 bridgehead atoms. The van der Waals surface area contributed by atoms with Crippen LogP contribution in [0.4, 0.5) is 16.3 Å². The summed E-state index contributed by atoms with van der Waals surface area (Å²) < 4.78 is 5.47. The third kappa shape index (κ3) is 3.48. The number of urea groups is 1. The van der Waals surface area contributed by atoms with Gasteiger partial charge < -0.3 is 19.9 Å².